The van der Waals surface area contributed by atoms with Gasteiger partial charge in [0.2, 0.25) is 5.91 Å². The SMILES string of the molecule is O=C(CSS(=O)(=O)[O-])Nc1ccccc1.[Na+]. The summed E-state index contributed by atoms with van der Waals surface area (Å²) in [7, 11) is -4.34. The van der Waals surface area contributed by atoms with E-state index in [9.17, 15) is 17.8 Å². The fourth-order valence-corrected chi connectivity index (χ4v) is 1.92. The maximum Gasteiger partial charge on any atom is 1.00 e. The molecule has 0 fully saturated rings. The minimum absolute atomic E-state index is 0. The Hall–Kier alpha value is -0.0500. The number of anilines is 1. The van der Waals surface area contributed by atoms with Gasteiger partial charge in [0, 0.05) is 5.69 Å². The average Bonchev–Trinajstić information content (AvgIpc) is 2.15. The van der Waals surface area contributed by atoms with Crippen molar-refractivity contribution in [3.63, 3.8) is 0 Å². The number of carbonyl (C=O) groups is 1. The molecule has 0 saturated heterocycles. The number of benzene rings is 1. The number of nitrogens with one attached hydrogen (secondary N) is 1. The zero-order valence-electron chi connectivity index (χ0n) is 8.54. The number of rotatable bonds is 4. The van der Waals surface area contributed by atoms with Gasteiger partial charge < -0.3 is 9.87 Å². The molecule has 0 aliphatic carbocycles. The molecule has 16 heavy (non-hydrogen) atoms. The van der Waals surface area contributed by atoms with E-state index < -0.39 is 20.8 Å². The molecular formula is C8H8NNaO4S2. The molecule has 1 rings (SSSR count). The van der Waals surface area contributed by atoms with E-state index in [1.165, 1.54) is 0 Å². The Morgan fingerprint density at radius 3 is 2.38 bits per heavy atom. The second-order valence-electron chi connectivity index (χ2n) is 2.58. The maximum absolute atomic E-state index is 11.1. The van der Waals surface area contributed by atoms with Crippen LogP contribution in [-0.4, -0.2) is 24.6 Å². The monoisotopic (exact) mass is 269 g/mol. The third-order valence-electron chi connectivity index (χ3n) is 1.39. The third-order valence-corrected chi connectivity index (χ3v) is 3.28. The topological polar surface area (TPSA) is 86.3 Å². The van der Waals surface area contributed by atoms with Gasteiger partial charge in [-0.15, -0.1) is 0 Å². The van der Waals surface area contributed by atoms with Crippen molar-refractivity contribution in [1.29, 1.82) is 0 Å². The van der Waals surface area contributed by atoms with Crippen LogP contribution in [-0.2, 0) is 13.9 Å². The number of carbonyl (C=O) groups excluding carboxylic acids is 1. The van der Waals surface area contributed by atoms with Crippen LogP contribution in [0, 0.1) is 0 Å². The minimum Gasteiger partial charge on any atom is -0.739 e. The van der Waals surface area contributed by atoms with Gasteiger partial charge in [0.25, 0.3) is 0 Å². The molecule has 0 spiro atoms. The first-order valence-electron chi connectivity index (χ1n) is 3.92. The van der Waals surface area contributed by atoms with Crippen molar-refractivity contribution >= 4 is 31.5 Å². The number of amides is 1. The zero-order chi connectivity index (χ0) is 11.3. The van der Waals surface area contributed by atoms with Crippen molar-refractivity contribution < 1.29 is 47.3 Å². The molecule has 0 radical (unpaired) electrons. The van der Waals surface area contributed by atoms with E-state index >= 15 is 0 Å². The summed E-state index contributed by atoms with van der Waals surface area (Å²) in [5, 5.41) is 2.45. The predicted octanol–water partition coefficient (Wildman–Crippen LogP) is -2.18. The summed E-state index contributed by atoms with van der Waals surface area (Å²) >= 11 is 0. The minimum atomic E-state index is -4.41. The van der Waals surface area contributed by atoms with Crippen LogP contribution in [0.1, 0.15) is 0 Å². The van der Waals surface area contributed by atoms with Gasteiger partial charge in [-0.1, -0.05) is 18.2 Å². The van der Waals surface area contributed by atoms with Crippen molar-refractivity contribution in [3.8, 4) is 0 Å². The quantitative estimate of drug-likeness (QED) is 0.382. The molecular weight excluding hydrogens is 261 g/mol. The summed E-state index contributed by atoms with van der Waals surface area (Å²) in [6.45, 7) is 0. The first-order chi connectivity index (χ1) is 6.97. The second-order valence-corrected chi connectivity index (χ2v) is 5.86. The van der Waals surface area contributed by atoms with Gasteiger partial charge >= 0.3 is 29.6 Å². The van der Waals surface area contributed by atoms with E-state index in [0.717, 1.165) is 0 Å². The van der Waals surface area contributed by atoms with Gasteiger partial charge in [-0.2, -0.15) is 0 Å². The Labute approximate surface area is 119 Å². The van der Waals surface area contributed by atoms with Crippen LogP contribution in [0.4, 0.5) is 5.69 Å². The Kier molecular flexibility index (Phi) is 7.29. The third kappa shape index (κ3) is 7.26. The van der Waals surface area contributed by atoms with Crippen LogP contribution >= 0.6 is 10.8 Å². The number of hydrogen-bond acceptors (Lipinski definition) is 5. The summed E-state index contributed by atoms with van der Waals surface area (Å²) in [6, 6.07) is 8.56. The molecule has 1 amide bonds. The van der Waals surface area contributed by atoms with E-state index in [1.807, 2.05) is 0 Å². The second kappa shape index (κ2) is 7.31. The van der Waals surface area contributed by atoms with Crippen molar-refractivity contribution in [2.24, 2.45) is 0 Å². The fraction of sp³-hybridized carbons (Fsp3) is 0.125. The molecule has 1 N–H and O–H groups in total. The molecule has 0 aliphatic heterocycles. The Bertz CT molecular complexity index is 435. The number of para-hydroxylation sites is 1. The van der Waals surface area contributed by atoms with E-state index in [4.69, 9.17) is 0 Å². The smallest absolute Gasteiger partial charge is 0.739 e. The van der Waals surface area contributed by atoms with Crippen molar-refractivity contribution in [2.75, 3.05) is 11.1 Å². The maximum atomic E-state index is 11.1. The van der Waals surface area contributed by atoms with Crippen LogP contribution in [0.5, 0.6) is 0 Å². The standard InChI is InChI=1S/C8H9NO4S2.Na/c10-8(6-14-15(11,12)13)9-7-4-2-1-3-5-7;/h1-5H,6H2,(H,9,10)(H,11,12,13);/q;+1/p-1. The van der Waals surface area contributed by atoms with Crippen LogP contribution in [0.25, 0.3) is 0 Å². The van der Waals surface area contributed by atoms with Crippen LogP contribution < -0.4 is 34.9 Å². The normalized spacial score (nSPS) is 10.3. The molecule has 0 saturated carbocycles. The molecule has 0 atom stereocenters. The Balaban J connectivity index is 0.00000225. The van der Waals surface area contributed by atoms with Gasteiger partial charge in [0.15, 0.2) is 0 Å². The van der Waals surface area contributed by atoms with E-state index in [-0.39, 0.29) is 40.4 Å². The zero-order valence-corrected chi connectivity index (χ0v) is 12.2. The molecule has 0 aliphatic rings. The molecule has 0 heterocycles. The molecule has 82 valence electrons. The first kappa shape index (κ1) is 16.0. The van der Waals surface area contributed by atoms with E-state index in [0.29, 0.717) is 5.69 Å². The van der Waals surface area contributed by atoms with Gasteiger partial charge in [-0.25, -0.2) is 8.42 Å². The fourth-order valence-electron chi connectivity index (χ4n) is 0.844. The van der Waals surface area contributed by atoms with Crippen LogP contribution in [0.2, 0.25) is 0 Å². The van der Waals surface area contributed by atoms with Crippen LogP contribution in [0.3, 0.4) is 0 Å². The van der Waals surface area contributed by atoms with Crippen molar-refractivity contribution in [3.05, 3.63) is 30.3 Å². The molecule has 8 heteroatoms. The van der Waals surface area contributed by atoms with Crippen LogP contribution in [0.15, 0.2) is 30.3 Å². The largest absolute Gasteiger partial charge is 1.00 e. The van der Waals surface area contributed by atoms with Gasteiger partial charge in [-0.05, 0) is 22.9 Å². The molecule has 0 aromatic heterocycles. The first-order valence-corrected chi connectivity index (χ1v) is 6.83. The Morgan fingerprint density at radius 1 is 1.31 bits per heavy atom. The van der Waals surface area contributed by atoms with Gasteiger partial charge in [0.1, 0.15) is 9.15 Å². The van der Waals surface area contributed by atoms with Gasteiger partial charge in [-0.3, -0.25) is 4.79 Å². The molecule has 1 aromatic rings. The molecule has 1 aromatic carbocycles. The summed E-state index contributed by atoms with van der Waals surface area (Å²) in [5.74, 6) is -0.925. The van der Waals surface area contributed by atoms with Crippen molar-refractivity contribution in [2.45, 2.75) is 0 Å². The summed E-state index contributed by atoms with van der Waals surface area (Å²) in [4.78, 5) is 11.1. The number of hydrogen-bond donors (Lipinski definition) is 1. The van der Waals surface area contributed by atoms with E-state index in [2.05, 4.69) is 5.32 Å². The summed E-state index contributed by atoms with van der Waals surface area (Å²) in [5.41, 5.74) is 0.561. The van der Waals surface area contributed by atoms with Gasteiger partial charge in [0.05, 0.1) is 5.75 Å². The summed E-state index contributed by atoms with van der Waals surface area (Å²) < 4.78 is 30.6. The van der Waals surface area contributed by atoms with E-state index in [1.54, 1.807) is 30.3 Å². The molecule has 5 nitrogen and oxygen atoms in total. The summed E-state index contributed by atoms with van der Waals surface area (Å²) in [6.07, 6.45) is 0. The molecule has 0 bridgehead atoms. The Morgan fingerprint density at radius 2 is 1.88 bits per heavy atom. The average molecular weight is 269 g/mol. The predicted molar refractivity (Wildman–Crippen MR) is 57.2 cm³/mol. The molecule has 0 unspecified atom stereocenters. The van der Waals surface area contributed by atoms with Crippen molar-refractivity contribution in [1.82, 2.24) is 0 Å².